The van der Waals surface area contributed by atoms with E-state index in [4.69, 9.17) is 42.8 Å². The summed E-state index contributed by atoms with van der Waals surface area (Å²) in [5.41, 5.74) is 0. The van der Waals surface area contributed by atoms with Gasteiger partial charge in [0, 0.05) is 44.9 Å². The summed E-state index contributed by atoms with van der Waals surface area (Å²) in [5.74, 6) is -6.87. The molecule has 1 heterocycles. The molecule has 0 bridgehead atoms. The van der Waals surface area contributed by atoms with Gasteiger partial charge in [-0.15, -0.1) is 23.2 Å². The van der Waals surface area contributed by atoms with Gasteiger partial charge in [-0.3, -0.25) is 4.57 Å². The fourth-order valence-corrected chi connectivity index (χ4v) is 2.23. The van der Waals surface area contributed by atoms with Gasteiger partial charge in [0.1, 0.15) is 1.41 Å². The molecule has 1 atom stereocenters. The van der Waals surface area contributed by atoms with Crippen molar-refractivity contribution < 1.29 is 24.2 Å². The van der Waals surface area contributed by atoms with Gasteiger partial charge in [0.15, 0.2) is 0 Å². The zero-order valence-electron chi connectivity index (χ0n) is 17.8. The van der Waals surface area contributed by atoms with Crippen molar-refractivity contribution in [1.29, 1.82) is 0 Å². The quantitative estimate of drug-likeness (QED) is 0.613. The fraction of sp³-hybridized carbons (Fsp3) is 1.00. The lowest BCUT2D eigenvalue weighted by Crippen LogP contribution is -2.35. The average molecular weight is 272 g/mol. The molecule has 84 valence electrons. The molecule has 1 aliphatic rings. The second kappa shape index (κ2) is 6.31. The number of alkyl halides is 2. The van der Waals surface area contributed by atoms with Crippen LogP contribution in [0.1, 0.15) is 20.1 Å². The second-order valence-electron chi connectivity index (χ2n) is 2.06. The van der Waals surface area contributed by atoms with E-state index in [-0.39, 0.29) is 5.08 Å². The van der Waals surface area contributed by atoms with E-state index in [1.807, 2.05) is 0 Å². The van der Waals surface area contributed by atoms with Gasteiger partial charge in [-0.25, -0.2) is 9.75 Å². The minimum absolute atomic E-state index is 0.343. The Kier molecular flexibility index (Phi) is 1.88. The van der Waals surface area contributed by atoms with Crippen LogP contribution < -0.4 is 5.08 Å². The molecule has 7 heteroatoms. The topological polar surface area (TPSA) is 41.6 Å². The van der Waals surface area contributed by atoms with E-state index in [0.717, 1.165) is 0 Å². The molecule has 0 spiro atoms. The van der Waals surface area contributed by atoms with E-state index in [9.17, 15) is 4.57 Å². The van der Waals surface area contributed by atoms with Crippen LogP contribution >= 0.6 is 30.9 Å². The summed E-state index contributed by atoms with van der Waals surface area (Å²) in [6, 6.07) is 0. The SMILES string of the molecule is [2H]N1C([2H])([2H])CCOP1(=O)N(C([2H])([2H])C([2H])([2H])Cl)C([2H])([2H])C([2H])([2H])Cl. The summed E-state index contributed by atoms with van der Waals surface area (Å²) in [6.07, 6.45) is -0.470. The molecule has 1 N–H and O–H groups in total. The first-order chi connectivity index (χ1) is 10.7. The van der Waals surface area contributed by atoms with Crippen LogP contribution in [0.3, 0.4) is 0 Å². The normalized spacial score (nSPS) is 48.9. The molecule has 0 saturated carbocycles. The molecule has 0 amide bonds. The van der Waals surface area contributed by atoms with Crippen LogP contribution in [0.25, 0.3) is 0 Å². The van der Waals surface area contributed by atoms with E-state index in [0.29, 0.717) is 0 Å². The molecule has 0 aromatic carbocycles. The van der Waals surface area contributed by atoms with Crippen LogP contribution in [0.4, 0.5) is 0 Å². The first-order valence-electron chi connectivity index (χ1n) is 8.90. The van der Waals surface area contributed by atoms with Gasteiger partial charge in [0.2, 0.25) is 0 Å². The minimum atomic E-state index is -5.31. The minimum Gasteiger partial charge on any atom is -0.306 e. The molecule has 1 rings (SSSR count). The molecular formula is C7H15Cl2N2O2P. The lowest BCUT2D eigenvalue weighted by atomic mass is 10.5. The number of rotatable bonds is 5. The predicted octanol–water partition coefficient (Wildman–Crippen LogP) is 1.88. The third kappa shape index (κ3) is 3.37. The van der Waals surface area contributed by atoms with Gasteiger partial charge in [-0.05, 0) is 6.42 Å². The summed E-state index contributed by atoms with van der Waals surface area (Å²) in [4.78, 5) is 0. The highest BCUT2D eigenvalue weighted by Crippen LogP contribution is 2.47. The number of nitrogens with zero attached hydrogens (tertiary/aromatic N) is 1. The number of nitrogens with one attached hydrogen (secondary N) is 1. The Labute approximate surface area is 110 Å². The van der Waals surface area contributed by atoms with Gasteiger partial charge < -0.3 is 4.52 Å². The largest absolute Gasteiger partial charge is 0.343 e. The molecule has 0 aromatic heterocycles. The lowest BCUT2D eigenvalue weighted by Gasteiger charge is -2.33. The van der Waals surface area contributed by atoms with Crippen molar-refractivity contribution in [2.75, 3.05) is 37.8 Å². The van der Waals surface area contributed by atoms with Crippen molar-refractivity contribution in [3.05, 3.63) is 0 Å². The van der Waals surface area contributed by atoms with Crippen LogP contribution in [0.15, 0.2) is 0 Å². The summed E-state index contributed by atoms with van der Waals surface area (Å²) in [7, 11) is -5.31. The maximum atomic E-state index is 13.1. The molecule has 4 nitrogen and oxygen atoms in total. The molecule has 0 radical (unpaired) electrons. The Balaban J connectivity index is 3.72. The predicted molar refractivity (Wildman–Crippen MR) is 59.2 cm³/mol. The monoisotopic (exact) mass is 271 g/mol. The summed E-state index contributed by atoms with van der Waals surface area (Å²) >= 11 is 10.6. The highest BCUT2D eigenvalue weighted by molar-refractivity contribution is 7.54. The third-order valence-corrected chi connectivity index (χ3v) is 3.01. The van der Waals surface area contributed by atoms with Crippen LogP contribution in [0.5, 0.6) is 0 Å². The van der Waals surface area contributed by atoms with Crippen molar-refractivity contribution in [1.82, 2.24) is 9.75 Å². The average Bonchev–Trinajstić information content (AvgIpc) is 2.32. The van der Waals surface area contributed by atoms with Crippen molar-refractivity contribution >= 4 is 30.9 Å². The van der Waals surface area contributed by atoms with E-state index >= 15 is 0 Å². The van der Waals surface area contributed by atoms with Crippen molar-refractivity contribution in [3.8, 4) is 0 Å². The highest BCUT2D eigenvalue weighted by atomic mass is 35.5. The number of hydrogen-bond acceptors (Lipinski definition) is 2. The third-order valence-electron chi connectivity index (χ3n) is 1.22. The Hall–Kier alpha value is 0.690. The Morgan fingerprint density at radius 1 is 1.64 bits per heavy atom. The van der Waals surface area contributed by atoms with Crippen molar-refractivity contribution in [3.63, 3.8) is 0 Å². The molecule has 1 fully saturated rings. The van der Waals surface area contributed by atoms with Gasteiger partial charge in [-0.1, -0.05) is 0 Å². The second-order valence-corrected chi connectivity index (χ2v) is 4.27. The Bertz CT molecular complexity index is 540. The molecular weight excluding hydrogens is 246 g/mol. The van der Waals surface area contributed by atoms with E-state index in [2.05, 4.69) is 0 Å². The Morgan fingerprint density at radius 3 is 2.86 bits per heavy atom. The zero-order chi connectivity index (χ0) is 20.3. The van der Waals surface area contributed by atoms with Crippen molar-refractivity contribution in [2.45, 2.75) is 6.42 Å². The number of hydrogen-bond donors (Lipinski definition) is 1. The molecule has 14 heavy (non-hydrogen) atoms. The summed E-state index contributed by atoms with van der Waals surface area (Å²) in [6.45, 7) is -10.7. The molecule has 1 aliphatic heterocycles. The molecule has 1 unspecified atom stereocenters. The van der Waals surface area contributed by atoms with Gasteiger partial charge in [0.05, 0.1) is 6.61 Å². The molecule has 1 saturated heterocycles. The first kappa shape index (κ1) is 4.17. The highest BCUT2D eigenvalue weighted by Gasteiger charge is 2.32. The molecule has 0 aliphatic carbocycles. The summed E-state index contributed by atoms with van der Waals surface area (Å²) in [5, 5.41) is -0.343. The van der Waals surface area contributed by atoms with E-state index in [1.54, 1.807) is 0 Å². The standard InChI is InChI=1S/C7H15Cl2N2O2P/c8-2-5-11(6-3-9)14(12)10-4-1-7-13-14/h1-7H2,(H,10,12)/i2D2,3D2,4D2,5D2,6D2/hD. The lowest BCUT2D eigenvalue weighted by molar-refractivity contribution is 0.233. The van der Waals surface area contributed by atoms with Gasteiger partial charge in [-0.2, -0.15) is 0 Å². The maximum absolute atomic E-state index is 13.1. The van der Waals surface area contributed by atoms with Gasteiger partial charge >= 0.3 is 7.67 Å². The van der Waals surface area contributed by atoms with Crippen LogP contribution in [-0.4, -0.2) is 42.4 Å². The fourth-order valence-electron chi connectivity index (χ4n) is 0.715. The number of halogens is 2. The van der Waals surface area contributed by atoms with Crippen LogP contribution in [-0.2, 0) is 9.09 Å². The Morgan fingerprint density at radius 2 is 2.29 bits per heavy atom. The molecule has 0 aromatic rings. The van der Waals surface area contributed by atoms with Crippen LogP contribution in [0, 0.1) is 0 Å². The van der Waals surface area contributed by atoms with Crippen molar-refractivity contribution in [2.24, 2.45) is 0 Å². The van der Waals surface area contributed by atoms with E-state index in [1.165, 1.54) is 0 Å². The smallest absolute Gasteiger partial charge is 0.306 e. The summed E-state index contributed by atoms with van der Waals surface area (Å²) < 4.78 is 101. The maximum Gasteiger partial charge on any atom is 0.343 e. The van der Waals surface area contributed by atoms with E-state index < -0.39 is 56.5 Å². The van der Waals surface area contributed by atoms with Gasteiger partial charge in [0.25, 0.3) is 0 Å². The van der Waals surface area contributed by atoms with Crippen LogP contribution in [0.2, 0.25) is 1.41 Å². The first-order valence-corrected chi connectivity index (χ1v) is 5.74. The zero-order valence-corrected chi connectivity index (χ0v) is 9.23.